The van der Waals surface area contributed by atoms with Gasteiger partial charge in [-0.05, 0) is 36.8 Å². The second kappa shape index (κ2) is 6.36. The molecule has 0 spiro atoms. The summed E-state index contributed by atoms with van der Waals surface area (Å²) in [6.07, 6.45) is 0. The third-order valence-corrected chi connectivity index (χ3v) is 4.04. The van der Waals surface area contributed by atoms with Gasteiger partial charge < -0.3 is 9.80 Å². The van der Waals surface area contributed by atoms with Crippen LogP contribution in [-0.4, -0.2) is 37.0 Å². The molecule has 2 aromatic carbocycles. The Kier molecular flexibility index (Phi) is 4.28. The Labute approximate surface area is 134 Å². The average Bonchev–Trinajstić information content (AvgIpc) is 2.53. The molecule has 3 rings (SSSR count). The molecule has 3 nitrogen and oxygen atoms in total. The summed E-state index contributed by atoms with van der Waals surface area (Å²) >= 11 is 0. The molecule has 0 unspecified atom stereocenters. The van der Waals surface area contributed by atoms with E-state index < -0.39 is 11.6 Å². The second-order valence-corrected chi connectivity index (χ2v) is 5.78. The molecule has 0 saturated carbocycles. The van der Waals surface area contributed by atoms with E-state index in [2.05, 4.69) is 11.0 Å². The first-order valence-electron chi connectivity index (χ1n) is 7.60. The highest BCUT2D eigenvalue weighted by atomic mass is 19.1. The minimum absolute atomic E-state index is 0.0616. The summed E-state index contributed by atoms with van der Waals surface area (Å²) in [5.74, 6) is -1.79. The molecule has 0 radical (unpaired) electrons. The number of anilines is 1. The topological polar surface area (TPSA) is 23.6 Å². The minimum atomic E-state index is -0.730. The van der Waals surface area contributed by atoms with Crippen LogP contribution in [0.15, 0.2) is 42.5 Å². The zero-order chi connectivity index (χ0) is 16.4. The van der Waals surface area contributed by atoms with E-state index in [1.165, 1.54) is 5.56 Å². The number of amides is 1. The first-order chi connectivity index (χ1) is 11.0. The highest BCUT2D eigenvalue weighted by molar-refractivity contribution is 5.94. The number of hydrogen-bond donors (Lipinski definition) is 0. The second-order valence-electron chi connectivity index (χ2n) is 5.78. The lowest BCUT2D eigenvalue weighted by molar-refractivity contribution is 0.0745. The monoisotopic (exact) mass is 316 g/mol. The molecule has 0 aliphatic carbocycles. The molecule has 1 amide bonds. The van der Waals surface area contributed by atoms with Gasteiger partial charge in [0, 0.05) is 43.5 Å². The molecule has 23 heavy (non-hydrogen) atoms. The normalized spacial score (nSPS) is 14.9. The van der Waals surface area contributed by atoms with Crippen molar-refractivity contribution in [2.75, 3.05) is 31.1 Å². The maximum atomic E-state index is 13.3. The molecular weight excluding hydrogens is 298 g/mol. The first kappa shape index (κ1) is 15.5. The Balaban J connectivity index is 1.67. The van der Waals surface area contributed by atoms with Crippen molar-refractivity contribution in [2.45, 2.75) is 6.92 Å². The summed E-state index contributed by atoms with van der Waals surface area (Å²) in [6, 6.07) is 11.1. The molecule has 1 aliphatic rings. The summed E-state index contributed by atoms with van der Waals surface area (Å²) in [4.78, 5) is 16.2. The van der Waals surface area contributed by atoms with E-state index in [-0.39, 0.29) is 11.5 Å². The number of nitrogens with zero attached hydrogens (tertiary/aromatic N) is 2. The smallest absolute Gasteiger partial charge is 0.254 e. The van der Waals surface area contributed by atoms with Crippen LogP contribution in [0.25, 0.3) is 0 Å². The standard InChI is InChI=1S/C18H18F2N2O/c1-13-3-2-4-17(9-13)21-5-7-22(8-6-21)18(23)14-10-15(19)12-16(20)11-14/h2-4,9-12H,5-8H2,1H3. The molecule has 1 aliphatic heterocycles. The summed E-state index contributed by atoms with van der Waals surface area (Å²) in [5, 5.41) is 0. The van der Waals surface area contributed by atoms with Gasteiger partial charge in [0.1, 0.15) is 11.6 Å². The molecular formula is C18H18F2N2O. The van der Waals surface area contributed by atoms with Crippen molar-refractivity contribution >= 4 is 11.6 Å². The third-order valence-electron chi connectivity index (χ3n) is 4.04. The van der Waals surface area contributed by atoms with Gasteiger partial charge in [-0.1, -0.05) is 12.1 Å². The Bertz CT molecular complexity index is 704. The van der Waals surface area contributed by atoms with Crippen molar-refractivity contribution < 1.29 is 13.6 Å². The van der Waals surface area contributed by atoms with Crippen LogP contribution >= 0.6 is 0 Å². The van der Waals surface area contributed by atoms with E-state index in [1.807, 2.05) is 25.1 Å². The first-order valence-corrected chi connectivity index (χ1v) is 7.60. The van der Waals surface area contributed by atoms with Crippen molar-refractivity contribution in [2.24, 2.45) is 0 Å². The number of carbonyl (C=O) groups is 1. The van der Waals surface area contributed by atoms with E-state index in [0.717, 1.165) is 23.9 Å². The van der Waals surface area contributed by atoms with Gasteiger partial charge in [0.05, 0.1) is 0 Å². The van der Waals surface area contributed by atoms with Crippen LogP contribution in [0, 0.1) is 18.6 Å². The van der Waals surface area contributed by atoms with Gasteiger partial charge in [0.2, 0.25) is 0 Å². The zero-order valence-electron chi connectivity index (χ0n) is 12.9. The van der Waals surface area contributed by atoms with Crippen LogP contribution in [0.4, 0.5) is 14.5 Å². The number of hydrogen-bond acceptors (Lipinski definition) is 2. The number of halogens is 2. The number of piperazine rings is 1. The van der Waals surface area contributed by atoms with E-state index in [4.69, 9.17) is 0 Å². The van der Waals surface area contributed by atoms with Gasteiger partial charge in [0.15, 0.2) is 0 Å². The summed E-state index contributed by atoms with van der Waals surface area (Å²) < 4.78 is 26.5. The Morgan fingerprint density at radius 1 is 0.957 bits per heavy atom. The summed E-state index contributed by atoms with van der Waals surface area (Å²) in [5.41, 5.74) is 2.39. The summed E-state index contributed by atoms with van der Waals surface area (Å²) in [7, 11) is 0. The van der Waals surface area contributed by atoms with Gasteiger partial charge in [-0.3, -0.25) is 4.79 Å². The third kappa shape index (κ3) is 3.50. The van der Waals surface area contributed by atoms with Crippen LogP contribution in [0.5, 0.6) is 0 Å². The van der Waals surface area contributed by atoms with E-state index >= 15 is 0 Å². The lowest BCUT2D eigenvalue weighted by Crippen LogP contribution is -2.48. The fourth-order valence-electron chi connectivity index (χ4n) is 2.85. The molecule has 0 atom stereocenters. The fraction of sp³-hybridized carbons (Fsp3) is 0.278. The molecule has 120 valence electrons. The highest BCUT2D eigenvalue weighted by Crippen LogP contribution is 2.19. The predicted molar refractivity (Wildman–Crippen MR) is 85.7 cm³/mol. The molecule has 0 aromatic heterocycles. The van der Waals surface area contributed by atoms with E-state index in [9.17, 15) is 13.6 Å². The maximum absolute atomic E-state index is 13.3. The maximum Gasteiger partial charge on any atom is 0.254 e. The molecule has 5 heteroatoms. The Morgan fingerprint density at radius 2 is 1.61 bits per heavy atom. The molecule has 0 bridgehead atoms. The number of rotatable bonds is 2. The largest absolute Gasteiger partial charge is 0.368 e. The van der Waals surface area contributed by atoms with Gasteiger partial charge in [-0.2, -0.15) is 0 Å². The minimum Gasteiger partial charge on any atom is -0.368 e. The predicted octanol–water partition coefficient (Wildman–Crippen LogP) is 3.24. The quantitative estimate of drug-likeness (QED) is 0.849. The number of carbonyl (C=O) groups excluding carboxylic acids is 1. The van der Waals surface area contributed by atoms with Crippen molar-refractivity contribution in [1.29, 1.82) is 0 Å². The summed E-state index contributed by atoms with van der Waals surface area (Å²) in [6.45, 7) is 4.51. The van der Waals surface area contributed by atoms with Crippen molar-refractivity contribution in [1.82, 2.24) is 4.90 Å². The van der Waals surface area contributed by atoms with Crippen LogP contribution in [0.1, 0.15) is 15.9 Å². The van der Waals surface area contributed by atoms with Crippen LogP contribution < -0.4 is 4.90 Å². The van der Waals surface area contributed by atoms with Gasteiger partial charge >= 0.3 is 0 Å². The zero-order valence-corrected chi connectivity index (χ0v) is 12.9. The van der Waals surface area contributed by atoms with Gasteiger partial charge in [-0.25, -0.2) is 8.78 Å². The van der Waals surface area contributed by atoms with E-state index in [0.29, 0.717) is 26.2 Å². The van der Waals surface area contributed by atoms with Crippen LogP contribution in [0.2, 0.25) is 0 Å². The van der Waals surface area contributed by atoms with Crippen LogP contribution in [0.3, 0.4) is 0 Å². The van der Waals surface area contributed by atoms with Crippen LogP contribution in [-0.2, 0) is 0 Å². The number of aryl methyl sites for hydroxylation is 1. The highest BCUT2D eigenvalue weighted by Gasteiger charge is 2.23. The Hall–Kier alpha value is -2.43. The van der Waals surface area contributed by atoms with Gasteiger partial charge in [0.25, 0.3) is 5.91 Å². The number of benzene rings is 2. The van der Waals surface area contributed by atoms with Crippen molar-refractivity contribution in [3.8, 4) is 0 Å². The SMILES string of the molecule is Cc1cccc(N2CCN(C(=O)c3cc(F)cc(F)c3)CC2)c1. The molecule has 0 N–H and O–H groups in total. The molecule has 1 heterocycles. The molecule has 1 fully saturated rings. The molecule has 1 saturated heterocycles. The van der Waals surface area contributed by atoms with Crippen molar-refractivity contribution in [3.05, 3.63) is 65.2 Å². The average molecular weight is 316 g/mol. The lowest BCUT2D eigenvalue weighted by Gasteiger charge is -2.36. The fourth-order valence-corrected chi connectivity index (χ4v) is 2.85. The van der Waals surface area contributed by atoms with Gasteiger partial charge in [-0.15, -0.1) is 0 Å². The van der Waals surface area contributed by atoms with Crippen molar-refractivity contribution in [3.63, 3.8) is 0 Å². The lowest BCUT2D eigenvalue weighted by atomic mass is 10.1. The Morgan fingerprint density at radius 3 is 2.22 bits per heavy atom. The molecule has 2 aromatic rings. The van der Waals surface area contributed by atoms with E-state index in [1.54, 1.807) is 4.90 Å².